The number of hydrogen-bond donors (Lipinski definition) is 0. The maximum absolute atomic E-state index is 5.09. The molecule has 2 atom stereocenters. The average molecular weight is 148 g/mol. The zero-order chi connectivity index (χ0) is 7.98. The summed E-state index contributed by atoms with van der Waals surface area (Å²) in [5.41, 5.74) is 0. The predicted octanol–water partition coefficient (Wildman–Crippen LogP) is 0.683. The molecule has 0 aromatic heterocycles. The largest absolute Gasteiger partial charge is 0.382 e. The lowest BCUT2D eigenvalue weighted by Crippen LogP contribution is -2.31. The summed E-state index contributed by atoms with van der Waals surface area (Å²) in [5.74, 6) is 0. The van der Waals surface area contributed by atoms with Gasteiger partial charge in [0.05, 0.1) is 12.7 Å². The molecule has 0 heterocycles. The second kappa shape index (κ2) is 5.65. The molecule has 0 aliphatic carbocycles. The Morgan fingerprint density at radius 2 is 1.70 bits per heavy atom. The molecule has 0 fully saturated rings. The lowest BCUT2D eigenvalue weighted by Gasteiger charge is -2.19. The van der Waals surface area contributed by atoms with E-state index in [-0.39, 0.29) is 12.2 Å². The summed E-state index contributed by atoms with van der Waals surface area (Å²) in [6, 6.07) is 0. The number of rotatable bonds is 5. The van der Waals surface area contributed by atoms with Gasteiger partial charge in [0, 0.05) is 21.3 Å². The number of hydrogen-bond acceptors (Lipinski definition) is 3. The van der Waals surface area contributed by atoms with Crippen LogP contribution in [0.2, 0.25) is 0 Å². The van der Waals surface area contributed by atoms with Gasteiger partial charge in [0.2, 0.25) is 0 Å². The molecular weight excluding hydrogens is 132 g/mol. The van der Waals surface area contributed by atoms with Gasteiger partial charge in [-0.25, -0.2) is 0 Å². The fourth-order valence-corrected chi connectivity index (χ4v) is 0.711. The Morgan fingerprint density at radius 3 is 2.00 bits per heavy atom. The van der Waals surface area contributed by atoms with Crippen LogP contribution in [0.4, 0.5) is 0 Å². The molecule has 10 heavy (non-hydrogen) atoms. The highest BCUT2D eigenvalue weighted by molar-refractivity contribution is 4.63. The molecule has 3 heteroatoms. The van der Waals surface area contributed by atoms with E-state index in [1.807, 2.05) is 6.92 Å². The Morgan fingerprint density at radius 1 is 1.10 bits per heavy atom. The monoisotopic (exact) mass is 148 g/mol. The highest BCUT2D eigenvalue weighted by Gasteiger charge is 2.14. The highest BCUT2D eigenvalue weighted by Crippen LogP contribution is 2.01. The molecule has 0 aromatic rings. The maximum atomic E-state index is 5.09. The van der Waals surface area contributed by atoms with Crippen molar-refractivity contribution in [3.05, 3.63) is 0 Å². The first-order valence-electron chi connectivity index (χ1n) is 3.30. The van der Waals surface area contributed by atoms with E-state index >= 15 is 0 Å². The van der Waals surface area contributed by atoms with Gasteiger partial charge in [-0.05, 0) is 6.92 Å². The van der Waals surface area contributed by atoms with Gasteiger partial charge in [-0.3, -0.25) is 0 Å². The van der Waals surface area contributed by atoms with Gasteiger partial charge in [0.15, 0.2) is 0 Å². The molecule has 62 valence electrons. The van der Waals surface area contributed by atoms with Crippen LogP contribution in [0.3, 0.4) is 0 Å². The Labute approximate surface area is 62.3 Å². The standard InChI is InChI=1S/C7H16O3/c1-6(9-3)7(10-4)5-8-2/h6-7H,5H2,1-4H3. The van der Waals surface area contributed by atoms with E-state index in [2.05, 4.69) is 0 Å². The highest BCUT2D eigenvalue weighted by atomic mass is 16.6. The first-order valence-corrected chi connectivity index (χ1v) is 3.30. The van der Waals surface area contributed by atoms with Gasteiger partial charge in [-0.1, -0.05) is 0 Å². The van der Waals surface area contributed by atoms with Gasteiger partial charge in [0.25, 0.3) is 0 Å². The van der Waals surface area contributed by atoms with Crippen LogP contribution >= 0.6 is 0 Å². The SMILES string of the molecule is COCC(OC)C(C)OC. The Kier molecular flexibility index (Phi) is 5.58. The smallest absolute Gasteiger partial charge is 0.106 e. The summed E-state index contributed by atoms with van der Waals surface area (Å²) in [6.07, 6.45) is 0.125. The van der Waals surface area contributed by atoms with Crippen LogP contribution < -0.4 is 0 Å². The molecule has 0 spiro atoms. The van der Waals surface area contributed by atoms with Crippen LogP contribution in [0, 0.1) is 0 Å². The summed E-state index contributed by atoms with van der Waals surface area (Å²) in [4.78, 5) is 0. The maximum Gasteiger partial charge on any atom is 0.106 e. The topological polar surface area (TPSA) is 27.7 Å². The molecule has 0 amide bonds. The number of methoxy groups -OCH3 is 3. The summed E-state index contributed by atoms with van der Waals surface area (Å²) >= 11 is 0. The van der Waals surface area contributed by atoms with Gasteiger partial charge in [-0.2, -0.15) is 0 Å². The lowest BCUT2D eigenvalue weighted by atomic mass is 10.2. The van der Waals surface area contributed by atoms with Crippen LogP contribution in [-0.4, -0.2) is 40.1 Å². The number of ether oxygens (including phenoxy) is 3. The average Bonchev–Trinajstić information content (AvgIpc) is 1.99. The third kappa shape index (κ3) is 3.15. The zero-order valence-corrected chi connectivity index (χ0v) is 7.09. The van der Waals surface area contributed by atoms with Crippen molar-refractivity contribution in [2.24, 2.45) is 0 Å². The molecule has 0 radical (unpaired) electrons. The molecule has 3 nitrogen and oxygen atoms in total. The van der Waals surface area contributed by atoms with Crippen molar-refractivity contribution in [2.45, 2.75) is 19.1 Å². The van der Waals surface area contributed by atoms with E-state index in [9.17, 15) is 0 Å². The fourth-order valence-electron chi connectivity index (χ4n) is 0.711. The Balaban J connectivity index is 3.56. The van der Waals surface area contributed by atoms with Crippen molar-refractivity contribution in [1.82, 2.24) is 0 Å². The van der Waals surface area contributed by atoms with Crippen molar-refractivity contribution >= 4 is 0 Å². The quantitative estimate of drug-likeness (QED) is 0.574. The van der Waals surface area contributed by atoms with E-state index in [0.29, 0.717) is 6.61 Å². The van der Waals surface area contributed by atoms with Gasteiger partial charge >= 0.3 is 0 Å². The van der Waals surface area contributed by atoms with Crippen LogP contribution in [0.25, 0.3) is 0 Å². The van der Waals surface area contributed by atoms with Crippen molar-refractivity contribution in [3.63, 3.8) is 0 Å². The minimum Gasteiger partial charge on any atom is -0.382 e. The van der Waals surface area contributed by atoms with Gasteiger partial charge < -0.3 is 14.2 Å². The Bertz CT molecular complexity index is 75.3. The van der Waals surface area contributed by atoms with E-state index in [0.717, 1.165) is 0 Å². The molecule has 0 aromatic carbocycles. The molecule has 0 aliphatic rings. The first kappa shape index (κ1) is 9.88. The van der Waals surface area contributed by atoms with E-state index in [1.165, 1.54) is 0 Å². The summed E-state index contributed by atoms with van der Waals surface area (Å²) in [7, 11) is 4.96. The van der Waals surface area contributed by atoms with E-state index in [1.54, 1.807) is 21.3 Å². The van der Waals surface area contributed by atoms with Gasteiger partial charge in [0.1, 0.15) is 6.10 Å². The second-order valence-electron chi connectivity index (χ2n) is 2.17. The normalized spacial score (nSPS) is 16.8. The molecule has 0 aliphatic heterocycles. The molecule has 0 bridgehead atoms. The fraction of sp³-hybridized carbons (Fsp3) is 1.00. The van der Waals surface area contributed by atoms with Crippen LogP contribution in [0.5, 0.6) is 0 Å². The summed E-state index contributed by atoms with van der Waals surface area (Å²) in [5, 5.41) is 0. The van der Waals surface area contributed by atoms with Crippen LogP contribution in [-0.2, 0) is 14.2 Å². The first-order chi connectivity index (χ1) is 4.76. The van der Waals surface area contributed by atoms with Crippen LogP contribution in [0.15, 0.2) is 0 Å². The van der Waals surface area contributed by atoms with E-state index in [4.69, 9.17) is 14.2 Å². The second-order valence-corrected chi connectivity index (χ2v) is 2.17. The summed E-state index contributed by atoms with van der Waals surface area (Å²) in [6.45, 7) is 2.53. The van der Waals surface area contributed by atoms with Crippen molar-refractivity contribution in [2.75, 3.05) is 27.9 Å². The molecule has 0 saturated carbocycles. The molecule has 0 N–H and O–H groups in total. The Hall–Kier alpha value is -0.120. The van der Waals surface area contributed by atoms with Crippen molar-refractivity contribution < 1.29 is 14.2 Å². The predicted molar refractivity (Wildman–Crippen MR) is 39.1 cm³/mol. The van der Waals surface area contributed by atoms with Gasteiger partial charge in [-0.15, -0.1) is 0 Å². The van der Waals surface area contributed by atoms with E-state index < -0.39 is 0 Å². The third-order valence-electron chi connectivity index (χ3n) is 1.53. The molecule has 2 unspecified atom stereocenters. The molecule has 0 saturated heterocycles. The zero-order valence-electron chi connectivity index (χ0n) is 7.09. The minimum absolute atomic E-state index is 0.0370. The summed E-state index contributed by atoms with van der Waals surface area (Å²) < 4.78 is 15.1. The minimum atomic E-state index is 0.0370. The third-order valence-corrected chi connectivity index (χ3v) is 1.53. The van der Waals surface area contributed by atoms with Crippen molar-refractivity contribution in [3.8, 4) is 0 Å². The van der Waals surface area contributed by atoms with Crippen molar-refractivity contribution in [1.29, 1.82) is 0 Å². The molecule has 0 rings (SSSR count). The lowest BCUT2D eigenvalue weighted by molar-refractivity contribution is -0.0598. The molecular formula is C7H16O3. The van der Waals surface area contributed by atoms with Crippen LogP contribution in [0.1, 0.15) is 6.92 Å².